The van der Waals surface area contributed by atoms with Gasteiger partial charge >= 0.3 is 0 Å². The van der Waals surface area contributed by atoms with Gasteiger partial charge in [-0.15, -0.1) is 0 Å². The summed E-state index contributed by atoms with van der Waals surface area (Å²) in [5, 5.41) is 1.10. The Morgan fingerprint density at radius 3 is 2.41 bits per heavy atom. The Bertz CT molecular complexity index is 621. The highest BCUT2D eigenvalue weighted by Crippen LogP contribution is 2.61. The normalized spacial score (nSPS) is 36.3. The standard InChI is InChI=1S/C19H24N2S/c1-2-4-17-16(3-1)20-18(21-17)22-6-5-19-10-13-7-14(11-19)9-15(8-13)12-19/h1-4,13-15H,5-12H2,(H,20,21). The first-order chi connectivity index (χ1) is 10.8. The number of aromatic nitrogens is 2. The molecule has 1 N–H and O–H groups in total. The molecule has 0 unspecified atom stereocenters. The van der Waals surface area contributed by atoms with Crippen LogP contribution in [0, 0.1) is 23.2 Å². The fourth-order valence-corrected chi connectivity index (χ4v) is 7.03. The number of nitrogens with one attached hydrogen (secondary N) is 1. The second-order valence-corrected chi connectivity index (χ2v) is 9.16. The van der Waals surface area contributed by atoms with Gasteiger partial charge in [0.25, 0.3) is 0 Å². The van der Waals surface area contributed by atoms with E-state index in [0.717, 1.165) is 28.4 Å². The van der Waals surface area contributed by atoms with E-state index < -0.39 is 0 Å². The molecule has 0 amide bonds. The van der Waals surface area contributed by atoms with Crippen LogP contribution in [-0.4, -0.2) is 15.7 Å². The minimum absolute atomic E-state index is 0.702. The topological polar surface area (TPSA) is 28.7 Å². The summed E-state index contributed by atoms with van der Waals surface area (Å²) < 4.78 is 0. The summed E-state index contributed by atoms with van der Waals surface area (Å²) in [6.07, 6.45) is 10.6. The van der Waals surface area contributed by atoms with Gasteiger partial charge in [-0.1, -0.05) is 23.9 Å². The van der Waals surface area contributed by atoms with E-state index in [1.807, 2.05) is 11.8 Å². The Kier molecular flexibility index (Phi) is 3.08. The largest absolute Gasteiger partial charge is 0.333 e. The Labute approximate surface area is 136 Å². The molecule has 0 atom stereocenters. The number of fused-ring (bicyclic) bond motifs is 1. The maximum atomic E-state index is 4.70. The zero-order valence-corrected chi connectivity index (χ0v) is 13.9. The van der Waals surface area contributed by atoms with Crippen molar-refractivity contribution in [2.24, 2.45) is 23.2 Å². The van der Waals surface area contributed by atoms with E-state index in [-0.39, 0.29) is 0 Å². The van der Waals surface area contributed by atoms with Gasteiger partial charge < -0.3 is 4.98 Å². The van der Waals surface area contributed by atoms with Crippen LogP contribution < -0.4 is 0 Å². The van der Waals surface area contributed by atoms with Gasteiger partial charge in [0.05, 0.1) is 11.0 Å². The van der Waals surface area contributed by atoms with Gasteiger partial charge in [0, 0.05) is 5.75 Å². The van der Waals surface area contributed by atoms with Crippen molar-refractivity contribution in [3.63, 3.8) is 0 Å². The van der Waals surface area contributed by atoms with Gasteiger partial charge in [-0.05, 0) is 80.2 Å². The highest BCUT2D eigenvalue weighted by atomic mass is 32.2. The highest BCUT2D eigenvalue weighted by molar-refractivity contribution is 7.99. The van der Waals surface area contributed by atoms with E-state index in [2.05, 4.69) is 29.2 Å². The van der Waals surface area contributed by atoms with Crippen LogP contribution in [-0.2, 0) is 0 Å². The fraction of sp³-hybridized carbons (Fsp3) is 0.632. The van der Waals surface area contributed by atoms with Crippen LogP contribution in [0.15, 0.2) is 29.4 Å². The Morgan fingerprint density at radius 1 is 1.05 bits per heavy atom. The van der Waals surface area contributed by atoms with Crippen LogP contribution in [0.25, 0.3) is 11.0 Å². The third-order valence-electron chi connectivity index (χ3n) is 6.40. The molecule has 1 aromatic carbocycles. The summed E-state index contributed by atoms with van der Waals surface area (Å²) in [6, 6.07) is 8.35. The van der Waals surface area contributed by atoms with Crippen molar-refractivity contribution < 1.29 is 0 Å². The van der Waals surface area contributed by atoms with Crippen molar-refractivity contribution in [1.82, 2.24) is 9.97 Å². The zero-order chi connectivity index (χ0) is 14.6. The molecule has 2 nitrogen and oxygen atoms in total. The Balaban J connectivity index is 1.26. The summed E-state index contributed by atoms with van der Waals surface area (Å²) in [6.45, 7) is 0. The molecule has 4 aliphatic rings. The quantitative estimate of drug-likeness (QED) is 0.780. The van der Waals surface area contributed by atoms with E-state index in [9.17, 15) is 0 Å². The lowest BCUT2D eigenvalue weighted by Crippen LogP contribution is -2.46. The molecule has 1 heterocycles. The van der Waals surface area contributed by atoms with Gasteiger partial charge in [0.2, 0.25) is 0 Å². The molecule has 0 saturated heterocycles. The molecular weight excluding hydrogens is 288 g/mol. The Hall–Kier alpha value is -0.960. The highest BCUT2D eigenvalue weighted by Gasteiger charge is 2.50. The number of aromatic amines is 1. The molecule has 3 heteroatoms. The van der Waals surface area contributed by atoms with Crippen LogP contribution in [0.5, 0.6) is 0 Å². The molecule has 6 rings (SSSR count). The predicted octanol–water partition coefficient (Wildman–Crippen LogP) is 5.26. The van der Waals surface area contributed by atoms with Crippen LogP contribution in [0.1, 0.15) is 44.9 Å². The second-order valence-electron chi connectivity index (χ2n) is 8.08. The number of hydrogen-bond acceptors (Lipinski definition) is 2. The third-order valence-corrected chi connectivity index (χ3v) is 7.28. The van der Waals surface area contributed by atoms with Gasteiger partial charge in [0.15, 0.2) is 5.16 Å². The first-order valence-corrected chi connectivity index (χ1v) is 9.84. The van der Waals surface area contributed by atoms with Gasteiger partial charge in [0.1, 0.15) is 0 Å². The maximum absolute atomic E-state index is 4.70. The third kappa shape index (κ3) is 2.29. The zero-order valence-electron chi connectivity index (χ0n) is 13.1. The summed E-state index contributed by atoms with van der Waals surface area (Å²) in [5.41, 5.74) is 2.97. The van der Waals surface area contributed by atoms with E-state index in [0.29, 0.717) is 5.41 Å². The number of rotatable bonds is 4. The Morgan fingerprint density at radius 2 is 1.73 bits per heavy atom. The van der Waals surface area contributed by atoms with Crippen LogP contribution >= 0.6 is 11.8 Å². The number of thioether (sulfide) groups is 1. The summed E-state index contributed by atoms with van der Waals surface area (Å²) in [5.74, 6) is 4.44. The average Bonchev–Trinajstić information content (AvgIpc) is 2.88. The van der Waals surface area contributed by atoms with Crippen LogP contribution in [0.3, 0.4) is 0 Å². The van der Waals surface area contributed by atoms with Crippen molar-refractivity contribution in [1.29, 1.82) is 0 Å². The molecule has 116 valence electrons. The van der Waals surface area contributed by atoms with Crippen molar-refractivity contribution >= 4 is 22.8 Å². The number of benzene rings is 1. The summed E-state index contributed by atoms with van der Waals surface area (Å²) in [4.78, 5) is 8.16. The van der Waals surface area contributed by atoms with Gasteiger partial charge in [-0.25, -0.2) is 4.98 Å². The number of hydrogen-bond donors (Lipinski definition) is 1. The van der Waals surface area contributed by atoms with E-state index in [1.165, 1.54) is 37.0 Å². The van der Waals surface area contributed by atoms with Crippen molar-refractivity contribution in [3.8, 4) is 0 Å². The minimum atomic E-state index is 0.702. The molecule has 4 bridgehead atoms. The molecule has 4 saturated carbocycles. The van der Waals surface area contributed by atoms with Gasteiger partial charge in [-0.2, -0.15) is 0 Å². The van der Waals surface area contributed by atoms with Crippen LogP contribution in [0.2, 0.25) is 0 Å². The predicted molar refractivity (Wildman–Crippen MR) is 92.0 cm³/mol. The first-order valence-electron chi connectivity index (χ1n) is 8.86. The average molecular weight is 312 g/mol. The lowest BCUT2D eigenvalue weighted by Gasteiger charge is -2.57. The lowest BCUT2D eigenvalue weighted by molar-refractivity contribution is -0.0538. The second kappa shape index (κ2) is 5.02. The summed E-state index contributed by atoms with van der Waals surface area (Å²) >= 11 is 1.93. The number of H-pyrrole nitrogens is 1. The fourth-order valence-electron chi connectivity index (χ4n) is 5.96. The molecular formula is C19H24N2S. The van der Waals surface area contributed by atoms with E-state index in [1.54, 1.807) is 19.3 Å². The SMILES string of the molecule is c1ccc2[nH]c(SCCC34CC5CC(CC(C5)C3)C4)nc2c1. The molecule has 0 radical (unpaired) electrons. The van der Waals surface area contributed by atoms with Crippen molar-refractivity contribution in [3.05, 3.63) is 24.3 Å². The monoisotopic (exact) mass is 312 g/mol. The molecule has 0 spiro atoms. The lowest BCUT2D eigenvalue weighted by atomic mass is 9.49. The summed E-state index contributed by atoms with van der Waals surface area (Å²) in [7, 11) is 0. The molecule has 1 aromatic heterocycles. The molecule has 22 heavy (non-hydrogen) atoms. The van der Waals surface area contributed by atoms with E-state index in [4.69, 9.17) is 4.98 Å². The molecule has 0 aliphatic heterocycles. The number of nitrogens with zero attached hydrogens (tertiary/aromatic N) is 1. The van der Waals surface area contributed by atoms with Crippen molar-refractivity contribution in [2.45, 2.75) is 50.1 Å². The first kappa shape index (κ1) is 13.5. The molecule has 4 fully saturated rings. The number of para-hydroxylation sites is 2. The van der Waals surface area contributed by atoms with Crippen LogP contribution in [0.4, 0.5) is 0 Å². The maximum Gasteiger partial charge on any atom is 0.166 e. The minimum Gasteiger partial charge on any atom is -0.333 e. The van der Waals surface area contributed by atoms with Gasteiger partial charge in [-0.3, -0.25) is 0 Å². The van der Waals surface area contributed by atoms with Crippen molar-refractivity contribution in [2.75, 3.05) is 5.75 Å². The number of imidazole rings is 1. The van der Waals surface area contributed by atoms with E-state index >= 15 is 0 Å². The molecule has 2 aromatic rings. The molecule has 4 aliphatic carbocycles. The smallest absolute Gasteiger partial charge is 0.166 e.